The fraction of sp³-hybridized carbons (Fsp3) is 0.769. The standard InChI is InChI=1S/C13H19N3OS3/c14-11(17)7-19-13-16-15-12(20-13)18-6-10-5-8-1-3-9(10)4-2-8/h8-10H,1-7H2,(H2,14,17). The third-order valence-electron chi connectivity index (χ3n) is 4.34. The van der Waals surface area contributed by atoms with Crippen LogP contribution in [0.2, 0.25) is 0 Å². The zero-order valence-electron chi connectivity index (χ0n) is 11.3. The molecule has 3 saturated carbocycles. The summed E-state index contributed by atoms with van der Waals surface area (Å²) in [7, 11) is 0. The van der Waals surface area contributed by atoms with Gasteiger partial charge in [-0.3, -0.25) is 4.79 Å². The fourth-order valence-electron chi connectivity index (χ4n) is 3.35. The van der Waals surface area contributed by atoms with Crippen LogP contribution in [0.3, 0.4) is 0 Å². The summed E-state index contributed by atoms with van der Waals surface area (Å²) < 4.78 is 1.87. The van der Waals surface area contributed by atoms with Crippen LogP contribution in [0.15, 0.2) is 8.68 Å². The van der Waals surface area contributed by atoms with Gasteiger partial charge in [-0.25, -0.2) is 0 Å². The lowest BCUT2D eigenvalue weighted by Crippen LogP contribution is -2.32. The third-order valence-corrected chi connectivity index (χ3v) is 7.74. The lowest BCUT2D eigenvalue weighted by Gasteiger charge is -2.42. The smallest absolute Gasteiger partial charge is 0.227 e. The average Bonchev–Trinajstić information content (AvgIpc) is 2.92. The lowest BCUT2D eigenvalue weighted by molar-refractivity contribution is -0.115. The molecule has 3 aliphatic carbocycles. The van der Waals surface area contributed by atoms with Crippen LogP contribution >= 0.6 is 34.9 Å². The number of thioether (sulfide) groups is 2. The highest BCUT2D eigenvalue weighted by molar-refractivity contribution is 8.03. The summed E-state index contributed by atoms with van der Waals surface area (Å²) in [6.07, 6.45) is 7.20. The molecule has 2 N–H and O–H groups in total. The van der Waals surface area contributed by atoms with E-state index in [0.717, 1.165) is 26.4 Å². The second-order valence-corrected chi connectivity index (χ2v) is 9.14. The Morgan fingerprint density at radius 2 is 1.90 bits per heavy atom. The predicted molar refractivity (Wildman–Crippen MR) is 84.1 cm³/mol. The van der Waals surface area contributed by atoms with E-state index in [1.165, 1.54) is 49.6 Å². The number of aromatic nitrogens is 2. The maximum atomic E-state index is 10.7. The minimum absolute atomic E-state index is 0.283. The molecule has 1 heterocycles. The molecule has 4 nitrogen and oxygen atoms in total. The monoisotopic (exact) mass is 329 g/mol. The van der Waals surface area contributed by atoms with E-state index in [1.807, 2.05) is 11.8 Å². The number of nitrogens with zero attached hydrogens (tertiary/aromatic N) is 2. The van der Waals surface area contributed by atoms with Gasteiger partial charge in [0.15, 0.2) is 8.68 Å². The van der Waals surface area contributed by atoms with E-state index in [2.05, 4.69) is 10.2 Å². The highest BCUT2D eigenvalue weighted by atomic mass is 32.2. The molecule has 4 rings (SSSR count). The first-order valence-corrected chi connectivity index (χ1v) is 9.87. The molecule has 0 spiro atoms. The van der Waals surface area contributed by atoms with Crippen LogP contribution in [0.1, 0.15) is 32.1 Å². The molecule has 3 fully saturated rings. The van der Waals surface area contributed by atoms with Crippen LogP contribution in [0.5, 0.6) is 0 Å². The summed E-state index contributed by atoms with van der Waals surface area (Å²) >= 11 is 4.80. The van der Waals surface area contributed by atoms with Crippen LogP contribution in [-0.2, 0) is 4.79 Å². The number of fused-ring (bicyclic) bond motifs is 3. The molecular weight excluding hydrogens is 310 g/mol. The highest BCUT2D eigenvalue weighted by Crippen LogP contribution is 2.46. The van der Waals surface area contributed by atoms with Gasteiger partial charge in [0, 0.05) is 5.75 Å². The fourth-order valence-corrected chi connectivity index (χ4v) is 6.37. The van der Waals surface area contributed by atoms with Crippen LogP contribution in [0.4, 0.5) is 0 Å². The molecule has 7 heteroatoms. The molecule has 1 aromatic heterocycles. The zero-order chi connectivity index (χ0) is 13.9. The molecule has 0 saturated heterocycles. The first kappa shape index (κ1) is 14.7. The maximum absolute atomic E-state index is 10.7. The Morgan fingerprint density at radius 3 is 2.50 bits per heavy atom. The number of carbonyl (C=O) groups excluding carboxylic acids is 1. The van der Waals surface area contributed by atoms with Gasteiger partial charge < -0.3 is 5.73 Å². The molecule has 110 valence electrons. The van der Waals surface area contributed by atoms with Gasteiger partial charge in [-0.1, -0.05) is 47.7 Å². The quantitative estimate of drug-likeness (QED) is 0.812. The number of hydrogen-bond acceptors (Lipinski definition) is 6. The van der Waals surface area contributed by atoms with E-state index in [0.29, 0.717) is 0 Å². The highest BCUT2D eigenvalue weighted by Gasteiger charge is 2.35. The van der Waals surface area contributed by atoms with Crippen LogP contribution in [0, 0.1) is 17.8 Å². The Bertz CT molecular complexity index is 471. The van der Waals surface area contributed by atoms with E-state index < -0.39 is 0 Å². The Balaban J connectivity index is 1.47. The van der Waals surface area contributed by atoms with E-state index >= 15 is 0 Å². The molecule has 20 heavy (non-hydrogen) atoms. The summed E-state index contributed by atoms with van der Waals surface area (Å²) in [5.41, 5.74) is 5.13. The van der Waals surface area contributed by atoms with E-state index in [9.17, 15) is 4.79 Å². The van der Waals surface area contributed by atoms with Crippen molar-refractivity contribution < 1.29 is 4.79 Å². The van der Waals surface area contributed by atoms with Crippen molar-refractivity contribution in [3.05, 3.63) is 0 Å². The van der Waals surface area contributed by atoms with Gasteiger partial charge in [0.05, 0.1) is 5.75 Å². The van der Waals surface area contributed by atoms with Crippen molar-refractivity contribution in [2.75, 3.05) is 11.5 Å². The summed E-state index contributed by atoms with van der Waals surface area (Å²) in [6.45, 7) is 0. The normalized spacial score (nSPS) is 28.7. The van der Waals surface area contributed by atoms with E-state index in [-0.39, 0.29) is 11.7 Å². The predicted octanol–water partition coefficient (Wildman–Crippen LogP) is 3.03. The minimum atomic E-state index is -0.308. The van der Waals surface area contributed by atoms with Crippen molar-refractivity contribution in [3.63, 3.8) is 0 Å². The summed E-state index contributed by atoms with van der Waals surface area (Å²) in [6, 6.07) is 0. The van der Waals surface area contributed by atoms with Gasteiger partial charge in [0.25, 0.3) is 0 Å². The van der Waals surface area contributed by atoms with Gasteiger partial charge in [-0.15, -0.1) is 10.2 Å². The summed E-state index contributed by atoms with van der Waals surface area (Å²) in [5.74, 6) is 3.96. The molecule has 2 bridgehead atoms. The van der Waals surface area contributed by atoms with Gasteiger partial charge in [-0.05, 0) is 37.0 Å². The number of rotatable bonds is 6. The van der Waals surface area contributed by atoms with Crippen LogP contribution < -0.4 is 5.73 Å². The van der Waals surface area contributed by atoms with Gasteiger partial charge >= 0.3 is 0 Å². The van der Waals surface area contributed by atoms with Crippen LogP contribution in [-0.4, -0.2) is 27.6 Å². The van der Waals surface area contributed by atoms with Crippen molar-refractivity contribution in [1.29, 1.82) is 0 Å². The molecule has 1 aromatic rings. The molecular formula is C13H19N3OS3. The second-order valence-electron chi connectivity index (χ2n) is 5.68. The average molecular weight is 330 g/mol. The summed E-state index contributed by atoms with van der Waals surface area (Å²) in [4.78, 5) is 10.7. The number of hydrogen-bond donors (Lipinski definition) is 1. The molecule has 1 atom stereocenters. The Hall–Kier alpha value is -0.270. The maximum Gasteiger partial charge on any atom is 0.227 e. The van der Waals surface area contributed by atoms with Crippen molar-refractivity contribution >= 4 is 40.8 Å². The van der Waals surface area contributed by atoms with Crippen molar-refractivity contribution in [2.45, 2.75) is 40.8 Å². The molecule has 0 radical (unpaired) electrons. The minimum Gasteiger partial charge on any atom is -0.369 e. The first-order valence-electron chi connectivity index (χ1n) is 7.08. The summed E-state index contributed by atoms with van der Waals surface area (Å²) in [5, 5.41) is 8.30. The van der Waals surface area contributed by atoms with Crippen molar-refractivity contribution in [3.8, 4) is 0 Å². The van der Waals surface area contributed by atoms with Gasteiger partial charge in [0.2, 0.25) is 5.91 Å². The Labute approximate surface area is 131 Å². The van der Waals surface area contributed by atoms with E-state index in [4.69, 9.17) is 5.73 Å². The molecule has 0 aromatic carbocycles. The number of nitrogens with two attached hydrogens (primary N) is 1. The Kier molecular flexibility index (Phi) is 4.88. The number of carbonyl (C=O) groups is 1. The molecule has 0 aliphatic heterocycles. The van der Waals surface area contributed by atoms with E-state index in [1.54, 1.807) is 11.3 Å². The van der Waals surface area contributed by atoms with Gasteiger partial charge in [-0.2, -0.15) is 0 Å². The topological polar surface area (TPSA) is 68.9 Å². The second kappa shape index (κ2) is 6.66. The van der Waals surface area contributed by atoms with Crippen molar-refractivity contribution in [2.24, 2.45) is 23.5 Å². The van der Waals surface area contributed by atoms with Gasteiger partial charge in [0.1, 0.15) is 0 Å². The number of primary amides is 1. The first-order chi connectivity index (χ1) is 9.70. The SMILES string of the molecule is NC(=O)CSc1nnc(SCC2CC3CCC2CC3)s1. The molecule has 1 amide bonds. The number of amides is 1. The molecule has 3 aliphatic rings. The zero-order valence-corrected chi connectivity index (χ0v) is 13.7. The lowest BCUT2D eigenvalue weighted by atomic mass is 9.65. The van der Waals surface area contributed by atoms with Crippen LogP contribution in [0.25, 0.3) is 0 Å². The largest absolute Gasteiger partial charge is 0.369 e. The third kappa shape index (κ3) is 3.68. The molecule has 1 unspecified atom stereocenters. The van der Waals surface area contributed by atoms with Crippen molar-refractivity contribution in [1.82, 2.24) is 10.2 Å². The Morgan fingerprint density at radius 1 is 1.20 bits per heavy atom.